The smallest absolute Gasteiger partial charge is 0.224 e. The van der Waals surface area contributed by atoms with Crippen molar-refractivity contribution in [1.82, 2.24) is 9.97 Å². The molecule has 5 N–H and O–H groups in total. The number of rotatable bonds is 9. The van der Waals surface area contributed by atoms with Crippen LogP contribution in [0.5, 0.6) is 0 Å². The first-order valence-electron chi connectivity index (χ1n) is 11.5. The number of nitrogens with two attached hydrogens (primary N) is 1. The Morgan fingerprint density at radius 1 is 1.26 bits per heavy atom. The van der Waals surface area contributed by atoms with Crippen molar-refractivity contribution in [3.63, 3.8) is 0 Å². The first-order chi connectivity index (χ1) is 16.2. The van der Waals surface area contributed by atoms with Crippen LogP contribution in [0.3, 0.4) is 0 Å². The molecule has 0 unspecified atom stereocenters. The molecule has 10 heteroatoms. The molecule has 3 rings (SSSR count). The lowest BCUT2D eigenvalue weighted by Gasteiger charge is -2.38. The summed E-state index contributed by atoms with van der Waals surface area (Å²) >= 11 is 1.40. The molecule has 182 valence electrons. The van der Waals surface area contributed by atoms with Gasteiger partial charge in [0.25, 0.3) is 0 Å². The normalized spacial score (nSPS) is 15.8. The van der Waals surface area contributed by atoms with Gasteiger partial charge >= 0.3 is 0 Å². The maximum Gasteiger partial charge on any atom is 0.224 e. The van der Waals surface area contributed by atoms with Crippen molar-refractivity contribution in [2.24, 2.45) is 10.7 Å². The predicted octanol–water partition coefficient (Wildman–Crippen LogP) is 4.14. The second-order valence-electron chi connectivity index (χ2n) is 8.52. The SMILES string of the molecule is CCC(=O)Nc1ccc(Sc2nc(N=C(N)CC(C)=N)cc(N3CCC(O)(CC)CC3)n2)cc1. The van der Waals surface area contributed by atoms with E-state index in [-0.39, 0.29) is 12.3 Å². The third-order valence-corrected chi connectivity index (χ3v) is 6.60. The van der Waals surface area contributed by atoms with Crippen molar-refractivity contribution in [1.29, 1.82) is 5.41 Å². The summed E-state index contributed by atoms with van der Waals surface area (Å²) in [6.45, 7) is 6.88. The number of aromatic nitrogens is 2. The highest BCUT2D eigenvalue weighted by molar-refractivity contribution is 7.99. The number of aliphatic imine (C=N–C) groups is 1. The van der Waals surface area contributed by atoms with Crippen LogP contribution in [-0.2, 0) is 4.79 Å². The number of nitrogens with zero attached hydrogens (tertiary/aromatic N) is 4. The van der Waals surface area contributed by atoms with Gasteiger partial charge in [0, 0.05) is 48.3 Å². The molecule has 1 aliphatic rings. The van der Waals surface area contributed by atoms with Crippen LogP contribution in [0.25, 0.3) is 0 Å². The van der Waals surface area contributed by atoms with Crippen LogP contribution in [0.1, 0.15) is 52.9 Å². The van der Waals surface area contributed by atoms with E-state index in [0.717, 1.165) is 22.8 Å². The summed E-state index contributed by atoms with van der Waals surface area (Å²) in [6.07, 6.45) is 2.78. The van der Waals surface area contributed by atoms with E-state index < -0.39 is 5.60 Å². The van der Waals surface area contributed by atoms with Crippen LogP contribution >= 0.6 is 11.8 Å². The zero-order valence-corrected chi connectivity index (χ0v) is 20.8. The van der Waals surface area contributed by atoms with Gasteiger partial charge in [-0.05, 0) is 62.2 Å². The molecule has 0 aliphatic carbocycles. The Kier molecular flexibility index (Phi) is 8.62. The van der Waals surface area contributed by atoms with Crippen molar-refractivity contribution in [2.45, 2.75) is 68.5 Å². The first-order valence-corrected chi connectivity index (χ1v) is 12.3. The number of hydrogen-bond donors (Lipinski definition) is 4. The van der Waals surface area contributed by atoms with Crippen LogP contribution in [-0.4, -0.2) is 51.2 Å². The third-order valence-electron chi connectivity index (χ3n) is 5.73. The Morgan fingerprint density at radius 2 is 1.94 bits per heavy atom. The van der Waals surface area contributed by atoms with Gasteiger partial charge in [-0.25, -0.2) is 15.0 Å². The van der Waals surface area contributed by atoms with Gasteiger partial charge in [-0.3, -0.25) is 4.79 Å². The van der Waals surface area contributed by atoms with Gasteiger partial charge in [0.2, 0.25) is 5.91 Å². The molecular weight excluding hydrogens is 450 g/mol. The molecule has 0 saturated carbocycles. The van der Waals surface area contributed by atoms with Gasteiger partial charge in [-0.1, -0.05) is 13.8 Å². The van der Waals surface area contributed by atoms with Gasteiger partial charge in [0.15, 0.2) is 11.0 Å². The van der Waals surface area contributed by atoms with Gasteiger partial charge < -0.3 is 26.5 Å². The highest BCUT2D eigenvalue weighted by atomic mass is 32.2. The Labute approximate surface area is 204 Å². The zero-order chi connectivity index (χ0) is 24.7. The summed E-state index contributed by atoms with van der Waals surface area (Å²) in [5, 5.41) is 21.6. The Hall–Kier alpha value is -2.98. The van der Waals surface area contributed by atoms with Crippen LogP contribution in [0, 0.1) is 5.41 Å². The van der Waals surface area contributed by atoms with Crippen molar-refractivity contribution in [3.8, 4) is 0 Å². The third kappa shape index (κ3) is 7.26. The van der Waals surface area contributed by atoms with Gasteiger partial charge in [0.1, 0.15) is 11.7 Å². The quantitative estimate of drug-likeness (QED) is 0.239. The molecule has 2 aromatic rings. The summed E-state index contributed by atoms with van der Waals surface area (Å²) in [7, 11) is 0. The minimum atomic E-state index is -0.622. The van der Waals surface area contributed by atoms with Crippen LogP contribution in [0.2, 0.25) is 0 Å². The summed E-state index contributed by atoms with van der Waals surface area (Å²) in [5.41, 5.74) is 6.56. The Bertz CT molecular complexity index is 1050. The largest absolute Gasteiger partial charge is 0.390 e. The van der Waals surface area contributed by atoms with E-state index in [9.17, 15) is 9.90 Å². The molecule has 0 radical (unpaired) electrons. The first kappa shape index (κ1) is 25.6. The van der Waals surface area contributed by atoms with E-state index >= 15 is 0 Å². The molecule has 0 atom stereocenters. The molecule has 1 aromatic heterocycles. The van der Waals surface area contributed by atoms with E-state index in [1.807, 2.05) is 38.1 Å². The molecular formula is C24H33N7O2S. The lowest BCUT2D eigenvalue weighted by atomic mass is 9.89. The monoisotopic (exact) mass is 483 g/mol. The summed E-state index contributed by atoms with van der Waals surface area (Å²) in [6, 6.07) is 9.31. The molecule has 34 heavy (non-hydrogen) atoms. The number of amides is 1. The Morgan fingerprint density at radius 3 is 2.53 bits per heavy atom. The lowest BCUT2D eigenvalue weighted by Crippen LogP contribution is -2.44. The number of nitrogens with one attached hydrogen (secondary N) is 2. The van der Waals surface area contributed by atoms with Crippen molar-refractivity contribution in [2.75, 3.05) is 23.3 Å². The summed E-state index contributed by atoms with van der Waals surface area (Å²) in [4.78, 5) is 28.4. The average Bonchev–Trinajstić information content (AvgIpc) is 2.80. The van der Waals surface area contributed by atoms with Gasteiger partial charge in [-0.2, -0.15) is 0 Å². The molecule has 0 bridgehead atoms. The number of aliphatic hydroxyl groups is 1. The molecule has 1 amide bonds. The number of hydrogen-bond acceptors (Lipinski definition) is 8. The Balaban J connectivity index is 1.85. The van der Waals surface area contributed by atoms with Crippen LogP contribution in [0.4, 0.5) is 17.3 Å². The topological polar surface area (TPSA) is 141 Å². The fourth-order valence-electron chi connectivity index (χ4n) is 3.59. The molecule has 1 aliphatic heterocycles. The summed E-state index contributed by atoms with van der Waals surface area (Å²) < 4.78 is 0. The fraction of sp³-hybridized carbons (Fsp3) is 0.458. The zero-order valence-electron chi connectivity index (χ0n) is 20.0. The minimum Gasteiger partial charge on any atom is -0.390 e. The predicted molar refractivity (Wildman–Crippen MR) is 138 cm³/mol. The number of amidine groups is 1. The van der Waals surface area contributed by atoms with Gasteiger partial charge in [-0.15, -0.1) is 0 Å². The highest BCUT2D eigenvalue weighted by Crippen LogP contribution is 2.32. The molecule has 9 nitrogen and oxygen atoms in total. The van der Waals surface area contributed by atoms with E-state index in [1.165, 1.54) is 11.8 Å². The van der Waals surface area contributed by atoms with Gasteiger partial charge in [0.05, 0.1) is 5.60 Å². The maximum absolute atomic E-state index is 11.6. The number of carbonyl (C=O) groups is 1. The van der Waals surface area contributed by atoms with E-state index in [4.69, 9.17) is 16.1 Å². The van der Waals surface area contributed by atoms with E-state index in [1.54, 1.807) is 13.0 Å². The fourth-order valence-corrected chi connectivity index (χ4v) is 4.35. The second-order valence-corrected chi connectivity index (χ2v) is 9.56. The van der Waals surface area contributed by atoms with Crippen LogP contribution in [0.15, 0.2) is 45.4 Å². The molecule has 1 saturated heterocycles. The number of piperidine rings is 1. The highest BCUT2D eigenvalue weighted by Gasteiger charge is 2.31. The van der Waals surface area contributed by atoms with Crippen molar-refractivity contribution < 1.29 is 9.90 Å². The minimum absolute atomic E-state index is 0.0341. The maximum atomic E-state index is 11.6. The lowest BCUT2D eigenvalue weighted by molar-refractivity contribution is -0.115. The summed E-state index contributed by atoms with van der Waals surface area (Å²) in [5.74, 6) is 1.46. The van der Waals surface area contributed by atoms with Crippen molar-refractivity contribution >= 4 is 46.5 Å². The second kappa shape index (κ2) is 11.4. The number of carbonyl (C=O) groups excluding carboxylic acids is 1. The number of anilines is 2. The van der Waals surface area contributed by atoms with Crippen LogP contribution < -0.4 is 16.0 Å². The molecule has 2 heterocycles. The molecule has 1 aromatic carbocycles. The molecule has 0 spiro atoms. The molecule has 1 fully saturated rings. The van der Waals surface area contributed by atoms with E-state index in [2.05, 4.69) is 20.2 Å². The van der Waals surface area contributed by atoms with E-state index in [0.29, 0.717) is 54.9 Å². The average molecular weight is 484 g/mol. The standard InChI is InChI=1S/C24H33N7O2S/c1-4-22(32)27-17-6-8-18(9-7-17)34-23-29-20(28-19(26)14-16(3)25)15-21(30-23)31-12-10-24(33,5-2)11-13-31/h6-9,15,25,33H,4-5,10-14H2,1-3H3,(H,27,32)(H2,26,28,29,30). The van der Waals surface area contributed by atoms with Crippen molar-refractivity contribution in [3.05, 3.63) is 30.3 Å². The number of benzene rings is 1.